The molecule has 1 unspecified atom stereocenters. The third kappa shape index (κ3) is 0.947. The first kappa shape index (κ1) is 6.59. The Hall–Kier alpha value is -0.110. The molecule has 1 nitrogen and oxygen atoms in total. The van der Waals surface area contributed by atoms with Crippen LogP contribution in [0.1, 0.15) is 26.2 Å². The van der Waals surface area contributed by atoms with E-state index in [0.717, 1.165) is 13.0 Å². The summed E-state index contributed by atoms with van der Waals surface area (Å²) in [7, 11) is 0. The van der Waals surface area contributed by atoms with Crippen molar-refractivity contribution in [1.82, 2.24) is 4.90 Å². The number of fused-ring (bicyclic) bond motifs is 1. The fourth-order valence-electron chi connectivity index (χ4n) is 2.31. The summed E-state index contributed by atoms with van der Waals surface area (Å²) in [6.07, 6.45) is 3.27. The number of hydrogen-bond donors (Lipinski definition) is 0. The average Bonchev–Trinajstić information content (AvgIpc) is 2.20. The predicted molar refractivity (Wildman–Crippen MR) is 38.7 cm³/mol. The van der Waals surface area contributed by atoms with Gasteiger partial charge in [0.1, 0.15) is 5.67 Å². The molecule has 2 rings (SSSR count). The third-order valence-corrected chi connectivity index (χ3v) is 2.69. The molecule has 2 aliphatic rings. The van der Waals surface area contributed by atoms with Gasteiger partial charge < -0.3 is 0 Å². The molecular formula is C8H14FN. The van der Waals surface area contributed by atoms with Gasteiger partial charge in [-0.1, -0.05) is 0 Å². The first-order valence-corrected chi connectivity index (χ1v) is 4.10. The number of rotatable bonds is 0. The van der Waals surface area contributed by atoms with Crippen molar-refractivity contribution in [2.45, 2.75) is 37.9 Å². The minimum absolute atomic E-state index is 0.579. The molecule has 0 radical (unpaired) electrons. The lowest BCUT2D eigenvalue weighted by Crippen LogP contribution is -2.26. The van der Waals surface area contributed by atoms with E-state index in [1.54, 1.807) is 6.92 Å². The molecule has 10 heavy (non-hydrogen) atoms. The van der Waals surface area contributed by atoms with Gasteiger partial charge in [0.05, 0.1) is 0 Å². The minimum Gasteiger partial charge on any atom is -0.297 e. The molecular weight excluding hydrogens is 129 g/mol. The van der Waals surface area contributed by atoms with Crippen molar-refractivity contribution < 1.29 is 4.39 Å². The summed E-state index contributed by atoms with van der Waals surface area (Å²) in [5.74, 6) is 0. The Morgan fingerprint density at radius 3 is 3.10 bits per heavy atom. The molecule has 0 aromatic heterocycles. The number of hydrogen-bond acceptors (Lipinski definition) is 1. The van der Waals surface area contributed by atoms with Crippen molar-refractivity contribution in [3.8, 4) is 0 Å². The first-order chi connectivity index (χ1) is 4.67. The highest BCUT2D eigenvalue weighted by atomic mass is 19.1. The molecule has 2 atom stereocenters. The van der Waals surface area contributed by atoms with Crippen LogP contribution in [0, 0.1) is 0 Å². The van der Waals surface area contributed by atoms with E-state index in [-0.39, 0.29) is 0 Å². The van der Waals surface area contributed by atoms with E-state index in [1.807, 2.05) is 0 Å². The largest absolute Gasteiger partial charge is 0.297 e. The van der Waals surface area contributed by atoms with Crippen molar-refractivity contribution in [2.24, 2.45) is 0 Å². The van der Waals surface area contributed by atoms with E-state index >= 15 is 0 Å². The van der Waals surface area contributed by atoms with E-state index in [1.165, 1.54) is 12.8 Å². The van der Waals surface area contributed by atoms with Gasteiger partial charge in [-0.05, 0) is 32.7 Å². The van der Waals surface area contributed by atoms with E-state index in [9.17, 15) is 4.39 Å². The molecule has 2 heterocycles. The topological polar surface area (TPSA) is 3.24 Å². The molecule has 0 aromatic rings. The Bertz CT molecular complexity index is 130. The second-order valence-corrected chi connectivity index (χ2v) is 3.88. The van der Waals surface area contributed by atoms with Gasteiger partial charge in [0, 0.05) is 12.6 Å². The average molecular weight is 143 g/mol. The van der Waals surface area contributed by atoms with Crippen molar-refractivity contribution in [1.29, 1.82) is 0 Å². The summed E-state index contributed by atoms with van der Waals surface area (Å²) in [6.45, 7) is 3.53. The second kappa shape index (κ2) is 1.94. The van der Waals surface area contributed by atoms with Gasteiger partial charge in [-0.25, -0.2) is 4.39 Å². The van der Waals surface area contributed by atoms with Crippen molar-refractivity contribution in [2.75, 3.05) is 13.1 Å². The van der Waals surface area contributed by atoms with Gasteiger partial charge in [-0.3, -0.25) is 4.90 Å². The smallest absolute Gasteiger partial charge is 0.122 e. The van der Waals surface area contributed by atoms with Crippen LogP contribution >= 0.6 is 0 Å². The van der Waals surface area contributed by atoms with Crippen LogP contribution in [0.25, 0.3) is 0 Å². The summed E-state index contributed by atoms with van der Waals surface area (Å²) >= 11 is 0. The lowest BCUT2D eigenvalue weighted by Gasteiger charge is -2.13. The first-order valence-electron chi connectivity index (χ1n) is 4.10. The Labute approximate surface area is 61.2 Å². The summed E-state index contributed by atoms with van der Waals surface area (Å²) in [5.41, 5.74) is -0.884. The monoisotopic (exact) mass is 143 g/mol. The van der Waals surface area contributed by atoms with E-state index in [2.05, 4.69) is 4.90 Å². The van der Waals surface area contributed by atoms with Crippen LogP contribution in [0.3, 0.4) is 0 Å². The quantitative estimate of drug-likeness (QED) is 0.497. The molecule has 0 aliphatic carbocycles. The van der Waals surface area contributed by atoms with Crippen LogP contribution in [0.2, 0.25) is 0 Å². The normalized spacial score (nSPS) is 48.0. The highest BCUT2D eigenvalue weighted by molar-refractivity contribution is 4.96. The van der Waals surface area contributed by atoms with Crippen LogP contribution in [-0.4, -0.2) is 29.7 Å². The standard InChI is InChI=1S/C8H14FN/c1-8(9)5-7-3-2-4-10(7)6-8/h7H,2-6H2,1H3/t7?,8-/m0/s1. The van der Waals surface area contributed by atoms with Gasteiger partial charge in [-0.2, -0.15) is 0 Å². The van der Waals surface area contributed by atoms with Crippen LogP contribution in [0.4, 0.5) is 4.39 Å². The molecule has 0 saturated carbocycles. The van der Waals surface area contributed by atoms with Gasteiger partial charge in [0.25, 0.3) is 0 Å². The minimum atomic E-state index is -0.884. The number of alkyl halides is 1. The maximum absolute atomic E-state index is 13.3. The Morgan fingerprint density at radius 1 is 1.60 bits per heavy atom. The lowest BCUT2D eigenvalue weighted by atomic mass is 10.0. The summed E-state index contributed by atoms with van der Waals surface area (Å²) < 4.78 is 13.3. The maximum atomic E-state index is 13.3. The van der Waals surface area contributed by atoms with Crippen LogP contribution in [-0.2, 0) is 0 Å². The Balaban J connectivity index is 2.07. The molecule has 2 heteroatoms. The molecule has 2 aliphatic heterocycles. The van der Waals surface area contributed by atoms with Gasteiger partial charge in [-0.15, -0.1) is 0 Å². The number of nitrogens with zero attached hydrogens (tertiary/aromatic N) is 1. The Kier molecular flexibility index (Phi) is 1.28. The van der Waals surface area contributed by atoms with Gasteiger partial charge in [0.2, 0.25) is 0 Å². The van der Waals surface area contributed by atoms with Crippen molar-refractivity contribution in [3.63, 3.8) is 0 Å². The fraction of sp³-hybridized carbons (Fsp3) is 1.00. The van der Waals surface area contributed by atoms with Crippen molar-refractivity contribution in [3.05, 3.63) is 0 Å². The molecule has 58 valence electrons. The molecule has 0 aromatic carbocycles. The molecule has 0 amide bonds. The summed E-state index contributed by atoms with van der Waals surface area (Å²) in [6, 6.07) is 0.579. The molecule has 2 fully saturated rings. The number of halogens is 1. The van der Waals surface area contributed by atoms with Crippen molar-refractivity contribution >= 4 is 0 Å². The summed E-state index contributed by atoms with van der Waals surface area (Å²) in [5, 5.41) is 0. The highest BCUT2D eigenvalue weighted by Crippen LogP contribution is 2.35. The molecule has 0 N–H and O–H groups in total. The maximum Gasteiger partial charge on any atom is 0.122 e. The lowest BCUT2D eigenvalue weighted by molar-refractivity contribution is 0.191. The second-order valence-electron chi connectivity index (χ2n) is 3.88. The zero-order chi connectivity index (χ0) is 7.19. The molecule has 0 spiro atoms. The SMILES string of the molecule is C[C@]1(F)CC2CCCN2C1. The van der Waals surface area contributed by atoms with Crippen LogP contribution in [0.5, 0.6) is 0 Å². The molecule has 0 bridgehead atoms. The van der Waals surface area contributed by atoms with Crippen LogP contribution in [0.15, 0.2) is 0 Å². The van der Waals surface area contributed by atoms with E-state index in [4.69, 9.17) is 0 Å². The van der Waals surface area contributed by atoms with E-state index < -0.39 is 5.67 Å². The predicted octanol–water partition coefficient (Wildman–Crippen LogP) is 1.58. The van der Waals surface area contributed by atoms with Crippen LogP contribution < -0.4 is 0 Å². The Morgan fingerprint density at radius 2 is 2.40 bits per heavy atom. The van der Waals surface area contributed by atoms with Gasteiger partial charge in [0.15, 0.2) is 0 Å². The third-order valence-electron chi connectivity index (χ3n) is 2.69. The van der Waals surface area contributed by atoms with Gasteiger partial charge >= 0.3 is 0 Å². The summed E-state index contributed by atoms with van der Waals surface area (Å²) in [4.78, 5) is 2.29. The zero-order valence-corrected chi connectivity index (χ0v) is 6.44. The zero-order valence-electron chi connectivity index (χ0n) is 6.44. The van der Waals surface area contributed by atoms with E-state index in [0.29, 0.717) is 12.6 Å². The molecule has 2 saturated heterocycles. The fourth-order valence-corrected chi connectivity index (χ4v) is 2.31. The highest BCUT2D eigenvalue weighted by Gasteiger charge is 2.42.